The van der Waals surface area contributed by atoms with E-state index < -0.39 is 6.03 Å². The number of esters is 1. The molecule has 2 heterocycles. The smallest absolute Gasteiger partial charge is 0.314 e. The minimum Gasteiger partial charge on any atom is -0.466 e. The molecule has 23 heavy (non-hydrogen) atoms. The molecule has 2 rings (SSSR count). The van der Waals surface area contributed by atoms with Gasteiger partial charge in [-0.3, -0.25) is 14.2 Å². The van der Waals surface area contributed by atoms with Crippen molar-refractivity contribution >= 4 is 33.6 Å². The molecule has 2 aromatic heterocycles. The van der Waals surface area contributed by atoms with Crippen LogP contribution < -0.4 is 16.2 Å². The first-order chi connectivity index (χ1) is 11.1. The lowest BCUT2D eigenvalue weighted by atomic mass is 10.4. The highest BCUT2D eigenvalue weighted by atomic mass is 32.1. The average Bonchev–Trinajstić information content (AvgIpc) is 2.99. The van der Waals surface area contributed by atoms with Gasteiger partial charge in [-0.15, -0.1) is 11.3 Å². The molecule has 8 nitrogen and oxygen atoms in total. The number of hydrogen-bond acceptors (Lipinski definition) is 6. The van der Waals surface area contributed by atoms with Crippen molar-refractivity contribution < 1.29 is 14.3 Å². The maximum absolute atomic E-state index is 12.1. The third kappa shape index (κ3) is 4.78. The van der Waals surface area contributed by atoms with Gasteiger partial charge in [0.05, 0.1) is 24.7 Å². The molecule has 0 spiro atoms. The zero-order chi connectivity index (χ0) is 16.7. The standard InChI is InChI=1S/C14H18N4O4S/c1-2-22-11(19)3-5-15-14(21)16-6-7-18-9-17-12-10(13(18)20)4-8-23-12/h4,8-9H,2-3,5-7H2,1H3,(H2,15,16,21). The first kappa shape index (κ1) is 16.9. The third-order valence-electron chi connectivity index (χ3n) is 3.01. The molecular weight excluding hydrogens is 320 g/mol. The summed E-state index contributed by atoms with van der Waals surface area (Å²) in [5.41, 5.74) is -0.124. The fraction of sp³-hybridized carbons (Fsp3) is 0.429. The topological polar surface area (TPSA) is 102 Å². The molecule has 9 heteroatoms. The molecule has 0 aliphatic carbocycles. The maximum Gasteiger partial charge on any atom is 0.314 e. The molecule has 2 aromatic rings. The number of carbonyl (C=O) groups excluding carboxylic acids is 2. The average molecular weight is 338 g/mol. The largest absolute Gasteiger partial charge is 0.466 e. The van der Waals surface area contributed by atoms with Crippen LogP contribution >= 0.6 is 11.3 Å². The van der Waals surface area contributed by atoms with Crippen molar-refractivity contribution in [1.82, 2.24) is 20.2 Å². The van der Waals surface area contributed by atoms with Gasteiger partial charge in [0.25, 0.3) is 5.56 Å². The Morgan fingerprint density at radius 1 is 1.35 bits per heavy atom. The summed E-state index contributed by atoms with van der Waals surface area (Å²) < 4.78 is 6.20. The van der Waals surface area contributed by atoms with E-state index in [4.69, 9.17) is 4.74 Å². The van der Waals surface area contributed by atoms with E-state index in [1.54, 1.807) is 13.0 Å². The van der Waals surface area contributed by atoms with Crippen LogP contribution in [0.2, 0.25) is 0 Å². The molecule has 0 atom stereocenters. The van der Waals surface area contributed by atoms with Gasteiger partial charge in [0, 0.05) is 19.6 Å². The lowest BCUT2D eigenvalue weighted by molar-refractivity contribution is -0.142. The molecule has 0 aliphatic rings. The van der Waals surface area contributed by atoms with Crippen molar-refractivity contribution in [3.63, 3.8) is 0 Å². The SMILES string of the molecule is CCOC(=O)CCNC(=O)NCCn1cnc2sccc2c1=O. The Morgan fingerprint density at radius 2 is 2.13 bits per heavy atom. The normalized spacial score (nSPS) is 10.5. The van der Waals surface area contributed by atoms with Crippen molar-refractivity contribution in [2.45, 2.75) is 19.9 Å². The van der Waals surface area contributed by atoms with Gasteiger partial charge in [-0.25, -0.2) is 9.78 Å². The summed E-state index contributed by atoms with van der Waals surface area (Å²) in [5, 5.41) is 7.56. The molecule has 0 fully saturated rings. The van der Waals surface area contributed by atoms with Crippen molar-refractivity contribution in [3.05, 3.63) is 28.1 Å². The molecular formula is C14H18N4O4S. The lowest BCUT2D eigenvalue weighted by Gasteiger charge is -2.08. The molecule has 0 saturated carbocycles. The lowest BCUT2D eigenvalue weighted by Crippen LogP contribution is -2.39. The molecule has 124 valence electrons. The zero-order valence-corrected chi connectivity index (χ0v) is 13.5. The van der Waals surface area contributed by atoms with Crippen LogP contribution in [0.15, 0.2) is 22.6 Å². The van der Waals surface area contributed by atoms with E-state index in [0.29, 0.717) is 23.4 Å². The first-order valence-electron chi connectivity index (χ1n) is 7.21. The van der Waals surface area contributed by atoms with Crippen LogP contribution in [0.25, 0.3) is 10.2 Å². The molecule has 0 bridgehead atoms. The van der Waals surface area contributed by atoms with E-state index in [9.17, 15) is 14.4 Å². The number of urea groups is 1. The number of fused-ring (bicyclic) bond motifs is 1. The van der Waals surface area contributed by atoms with E-state index in [0.717, 1.165) is 0 Å². The number of rotatable bonds is 7. The fourth-order valence-corrected chi connectivity index (χ4v) is 2.64. The Balaban J connectivity index is 1.73. The van der Waals surface area contributed by atoms with Gasteiger partial charge in [-0.2, -0.15) is 0 Å². The van der Waals surface area contributed by atoms with Gasteiger partial charge < -0.3 is 15.4 Å². The molecule has 0 aliphatic heterocycles. The maximum atomic E-state index is 12.1. The predicted molar refractivity (Wildman–Crippen MR) is 86.5 cm³/mol. The molecule has 0 saturated heterocycles. The highest BCUT2D eigenvalue weighted by Gasteiger charge is 2.06. The summed E-state index contributed by atoms with van der Waals surface area (Å²) in [6.07, 6.45) is 1.60. The van der Waals surface area contributed by atoms with Crippen molar-refractivity contribution in [2.24, 2.45) is 0 Å². The van der Waals surface area contributed by atoms with Crippen LogP contribution in [0.4, 0.5) is 4.79 Å². The summed E-state index contributed by atoms with van der Waals surface area (Å²) in [4.78, 5) is 39.7. The summed E-state index contributed by atoms with van der Waals surface area (Å²) in [6.45, 7) is 2.85. The molecule has 2 amide bonds. The highest BCUT2D eigenvalue weighted by molar-refractivity contribution is 7.16. The van der Waals surface area contributed by atoms with E-state index in [1.807, 2.05) is 5.38 Å². The summed E-state index contributed by atoms with van der Waals surface area (Å²) in [7, 11) is 0. The number of nitrogens with one attached hydrogen (secondary N) is 2. The monoisotopic (exact) mass is 338 g/mol. The van der Waals surface area contributed by atoms with Gasteiger partial charge >= 0.3 is 12.0 Å². The molecule has 2 N–H and O–H groups in total. The van der Waals surface area contributed by atoms with Gasteiger partial charge in [0.15, 0.2) is 0 Å². The minimum atomic E-state index is -0.396. The van der Waals surface area contributed by atoms with Crippen LogP contribution in [0.3, 0.4) is 0 Å². The number of nitrogens with zero attached hydrogens (tertiary/aromatic N) is 2. The number of ether oxygens (including phenoxy) is 1. The van der Waals surface area contributed by atoms with Crippen LogP contribution in [0.1, 0.15) is 13.3 Å². The summed E-state index contributed by atoms with van der Waals surface area (Å²) in [5.74, 6) is -0.352. The van der Waals surface area contributed by atoms with Gasteiger partial charge in [0.1, 0.15) is 4.83 Å². The van der Waals surface area contributed by atoms with Crippen LogP contribution in [0, 0.1) is 0 Å². The van der Waals surface area contributed by atoms with Crippen LogP contribution in [-0.4, -0.2) is 41.2 Å². The Kier molecular flexibility index (Phi) is 6.10. The van der Waals surface area contributed by atoms with Gasteiger partial charge in [0.2, 0.25) is 0 Å². The Morgan fingerprint density at radius 3 is 2.91 bits per heavy atom. The van der Waals surface area contributed by atoms with E-state index in [2.05, 4.69) is 15.6 Å². The fourth-order valence-electron chi connectivity index (χ4n) is 1.92. The predicted octanol–water partition coefficient (Wildman–Crippen LogP) is 0.710. The quantitative estimate of drug-likeness (QED) is 0.724. The number of aromatic nitrogens is 2. The highest BCUT2D eigenvalue weighted by Crippen LogP contribution is 2.12. The minimum absolute atomic E-state index is 0.124. The second-order valence-electron chi connectivity index (χ2n) is 4.62. The van der Waals surface area contributed by atoms with Crippen molar-refractivity contribution in [2.75, 3.05) is 19.7 Å². The van der Waals surface area contributed by atoms with E-state index in [1.165, 1.54) is 22.2 Å². The Hall–Kier alpha value is -2.42. The van der Waals surface area contributed by atoms with Crippen LogP contribution in [0.5, 0.6) is 0 Å². The first-order valence-corrected chi connectivity index (χ1v) is 8.09. The molecule has 0 aromatic carbocycles. The number of thiophene rings is 1. The van der Waals surface area contributed by atoms with E-state index >= 15 is 0 Å². The summed E-state index contributed by atoms with van der Waals surface area (Å²) in [6, 6.07) is 1.34. The second kappa shape index (κ2) is 8.28. The molecule has 0 unspecified atom stereocenters. The molecule has 0 radical (unpaired) electrons. The number of amides is 2. The third-order valence-corrected chi connectivity index (χ3v) is 3.83. The van der Waals surface area contributed by atoms with Crippen molar-refractivity contribution in [3.8, 4) is 0 Å². The number of carbonyl (C=O) groups is 2. The van der Waals surface area contributed by atoms with Crippen molar-refractivity contribution in [1.29, 1.82) is 0 Å². The Bertz CT molecular complexity index is 740. The Labute approximate surface area is 136 Å². The van der Waals surface area contributed by atoms with Gasteiger partial charge in [-0.05, 0) is 18.4 Å². The van der Waals surface area contributed by atoms with E-state index in [-0.39, 0.29) is 31.0 Å². The zero-order valence-electron chi connectivity index (χ0n) is 12.7. The van der Waals surface area contributed by atoms with Crippen LogP contribution in [-0.2, 0) is 16.1 Å². The summed E-state index contributed by atoms with van der Waals surface area (Å²) >= 11 is 1.41. The second-order valence-corrected chi connectivity index (χ2v) is 5.51. The van der Waals surface area contributed by atoms with Gasteiger partial charge in [-0.1, -0.05) is 0 Å². The number of hydrogen-bond donors (Lipinski definition) is 2.